The molecule has 0 fully saturated rings. The third kappa shape index (κ3) is 4.96. The Bertz CT molecular complexity index is 477. The van der Waals surface area contributed by atoms with Crippen LogP contribution in [0.25, 0.3) is 0 Å². The Morgan fingerprint density at radius 3 is 2.24 bits per heavy atom. The molecule has 0 saturated carbocycles. The first kappa shape index (κ1) is 17.3. The molecular weight excluding hydrogens is 266 g/mol. The first-order chi connectivity index (χ1) is 9.79. The van der Waals surface area contributed by atoms with E-state index in [1.54, 1.807) is 0 Å². The van der Waals surface area contributed by atoms with Gasteiger partial charge in [0.15, 0.2) is 11.5 Å². The van der Waals surface area contributed by atoms with E-state index in [2.05, 4.69) is 5.32 Å². The summed E-state index contributed by atoms with van der Waals surface area (Å²) in [6, 6.07) is 5.71. The van der Waals surface area contributed by atoms with Gasteiger partial charge in [-0.25, -0.2) is 0 Å². The molecule has 1 aromatic carbocycles. The average molecular weight is 293 g/mol. The molecule has 1 atom stereocenters. The molecule has 1 aromatic rings. The second kappa shape index (κ2) is 7.34. The number of amides is 1. The molecule has 0 aliphatic rings. The molecule has 0 radical (unpaired) electrons. The molecule has 0 aliphatic carbocycles. The van der Waals surface area contributed by atoms with E-state index in [1.807, 2.05) is 59.7 Å². The predicted octanol–water partition coefficient (Wildman–Crippen LogP) is 3.71. The summed E-state index contributed by atoms with van der Waals surface area (Å²) in [6.45, 7) is 12.7. The van der Waals surface area contributed by atoms with Gasteiger partial charge in [-0.15, -0.1) is 0 Å². The van der Waals surface area contributed by atoms with Gasteiger partial charge in [0.2, 0.25) is 5.91 Å². The zero-order chi connectivity index (χ0) is 16.0. The van der Waals surface area contributed by atoms with Crippen molar-refractivity contribution in [1.82, 2.24) is 5.32 Å². The number of nitrogens with one attached hydrogen (secondary N) is 1. The Morgan fingerprint density at radius 2 is 1.71 bits per heavy atom. The maximum absolute atomic E-state index is 12.1. The van der Waals surface area contributed by atoms with Gasteiger partial charge in [-0.2, -0.15) is 0 Å². The summed E-state index contributed by atoms with van der Waals surface area (Å²) in [4.78, 5) is 12.1. The van der Waals surface area contributed by atoms with E-state index < -0.39 is 5.41 Å². The fraction of sp³-hybridized carbons (Fsp3) is 0.588. The van der Waals surface area contributed by atoms with Gasteiger partial charge in [0.25, 0.3) is 0 Å². The minimum absolute atomic E-state index is 0.0295. The molecule has 0 heterocycles. The van der Waals surface area contributed by atoms with E-state index in [-0.39, 0.29) is 11.9 Å². The number of hydrogen-bond acceptors (Lipinski definition) is 3. The van der Waals surface area contributed by atoms with E-state index >= 15 is 0 Å². The Kier molecular flexibility index (Phi) is 6.06. The van der Waals surface area contributed by atoms with E-state index in [0.717, 1.165) is 11.3 Å². The summed E-state index contributed by atoms with van der Waals surface area (Å²) in [5.74, 6) is 1.48. The van der Waals surface area contributed by atoms with Crippen molar-refractivity contribution in [2.75, 3.05) is 13.2 Å². The average Bonchev–Trinajstić information content (AvgIpc) is 2.40. The minimum Gasteiger partial charge on any atom is -0.490 e. The second-order valence-electron chi connectivity index (χ2n) is 6.02. The highest BCUT2D eigenvalue weighted by Crippen LogP contribution is 2.31. The van der Waals surface area contributed by atoms with Crippen molar-refractivity contribution < 1.29 is 14.3 Å². The third-order valence-corrected chi connectivity index (χ3v) is 3.10. The van der Waals surface area contributed by atoms with E-state index in [1.165, 1.54) is 0 Å². The van der Waals surface area contributed by atoms with Crippen LogP contribution >= 0.6 is 0 Å². The molecule has 4 nitrogen and oxygen atoms in total. The van der Waals surface area contributed by atoms with Crippen molar-refractivity contribution in [3.05, 3.63) is 23.8 Å². The Balaban J connectivity index is 2.92. The normalized spacial score (nSPS) is 12.7. The highest BCUT2D eigenvalue weighted by Gasteiger charge is 2.23. The first-order valence-corrected chi connectivity index (χ1v) is 7.50. The number of benzene rings is 1. The van der Waals surface area contributed by atoms with Crippen LogP contribution in [-0.2, 0) is 4.79 Å². The summed E-state index contributed by atoms with van der Waals surface area (Å²) in [6.07, 6.45) is 0. The molecule has 0 spiro atoms. The molecule has 1 N–H and O–H groups in total. The molecule has 4 heteroatoms. The number of hydrogen-bond donors (Lipinski definition) is 1. The van der Waals surface area contributed by atoms with Gasteiger partial charge in [0.05, 0.1) is 19.3 Å². The van der Waals surface area contributed by atoms with Crippen molar-refractivity contribution in [1.29, 1.82) is 0 Å². The predicted molar refractivity (Wildman–Crippen MR) is 84.8 cm³/mol. The Hall–Kier alpha value is -1.71. The van der Waals surface area contributed by atoms with Crippen LogP contribution in [0.2, 0.25) is 0 Å². The van der Waals surface area contributed by atoms with Crippen LogP contribution in [-0.4, -0.2) is 19.1 Å². The minimum atomic E-state index is -0.401. The number of rotatable bonds is 6. The van der Waals surface area contributed by atoms with E-state index in [4.69, 9.17) is 9.47 Å². The molecule has 0 saturated heterocycles. The smallest absolute Gasteiger partial charge is 0.225 e. The molecule has 21 heavy (non-hydrogen) atoms. The quantitative estimate of drug-likeness (QED) is 0.870. The fourth-order valence-corrected chi connectivity index (χ4v) is 1.83. The number of ether oxygens (including phenoxy) is 2. The van der Waals surface area contributed by atoms with Crippen LogP contribution in [0.15, 0.2) is 18.2 Å². The Morgan fingerprint density at radius 1 is 1.14 bits per heavy atom. The van der Waals surface area contributed by atoms with E-state index in [9.17, 15) is 4.79 Å². The van der Waals surface area contributed by atoms with Gasteiger partial charge in [-0.3, -0.25) is 4.79 Å². The Labute approximate surface area is 127 Å². The van der Waals surface area contributed by atoms with Crippen molar-refractivity contribution in [2.45, 2.75) is 47.6 Å². The summed E-state index contributed by atoms with van der Waals surface area (Å²) < 4.78 is 11.2. The lowest BCUT2D eigenvalue weighted by Crippen LogP contribution is -2.36. The van der Waals surface area contributed by atoms with Gasteiger partial charge in [-0.05, 0) is 38.5 Å². The third-order valence-electron chi connectivity index (χ3n) is 3.10. The monoisotopic (exact) mass is 293 g/mol. The summed E-state index contributed by atoms with van der Waals surface area (Å²) in [5, 5.41) is 3.02. The van der Waals surface area contributed by atoms with Crippen molar-refractivity contribution in [3.63, 3.8) is 0 Å². The zero-order valence-corrected chi connectivity index (χ0v) is 13.9. The molecular formula is C17H27NO3. The zero-order valence-electron chi connectivity index (χ0n) is 13.9. The summed E-state index contributed by atoms with van der Waals surface area (Å²) in [7, 11) is 0. The van der Waals surface area contributed by atoms with E-state index in [0.29, 0.717) is 19.0 Å². The van der Waals surface area contributed by atoms with Crippen LogP contribution < -0.4 is 14.8 Å². The lowest BCUT2D eigenvalue weighted by atomic mass is 9.94. The van der Waals surface area contributed by atoms with Gasteiger partial charge < -0.3 is 14.8 Å². The fourth-order valence-electron chi connectivity index (χ4n) is 1.83. The maximum atomic E-state index is 12.1. The topological polar surface area (TPSA) is 47.6 Å². The molecule has 118 valence electrons. The summed E-state index contributed by atoms with van der Waals surface area (Å²) >= 11 is 0. The standard InChI is InChI=1S/C17H27NO3/c1-7-20-14-10-9-13(11-15(14)21-8-2)12(3)18-16(19)17(4,5)6/h9-12H,7-8H2,1-6H3,(H,18,19)/t12-/m1/s1. The molecule has 1 amide bonds. The molecule has 0 bridgehead atoms. The lowest BCUT2D eigenvalue weighted by molar-refractivity contribution is -0.129. The van der Waals surface area contributed by atoms with Crippen LogP contribution in [0.1, 0.15) is 53.1 Å². The molecule has 0 aliphatic heterocycles. The van der Waals surface area contributed by atoms with Gasteiger partial charge in [0, 0.05) is 5.41 Å². The largest absolute Gasteiger partial charge is 0.490 e. The van der Waals surface area contributed by atoms with Gasteiger partial charge in [-0.1, -0.05) is 26.8 Å². The summed E-state index contributed by atoms with van der Waals surface area (Å²) in [5.41, 5.74) is 0.599. The highest BCUT2D eigenvalue weighted by molar-refractivity contribution is 5.81. The molecule has 1 rings (SSSR count). The number of carbonyl (C=O) groups is 1. The van der Waals surface area contributed by atoms with Crippen molar-refractivity contribution >= 4 is 5.91 Å². The van der Waals surface area contributed by atoms with Crippen molar-refractivity contribution in [3.8, 4) is 11.5 Å². The van der Waals surface area contributed by atoms with Gasteiger partial charge in [0.1, 0.15) is 0 Å². The highest BCUT2D eigenvalue weighted by atomic mass is 16.5. The SMILES string of the molecule is CCOc1ccc([C@@H](C)NC(=O)C(C)(C)C)cc1OCC. The van der Waals surface area contributed by atoms with Crippen LogP contribution in [0, 0.1) is 5.41 Å². The van der Waals surface area contributed by atoms with Crippen LogP contribution in [0.4, 0.5) is 0 Å². The molecule has 0 unspecified atom stereocenters. The van der Waals surface area contributed by atoms with Gasteiger partial charge >= 0.3 is 0 Å². The first-order valence-electron chi connectivity index (χ1n) is 7.50. The number of carbonyl (C=O) groups excluding carboxylic acids is 1. The maximum Gasteiger partial charge on any atom is 0.225 e. The van der Waals surface area contributed by atoms with Crippen LogP contribution in [0.5, 0.6) is 11.5 Å². The molecule has 0 aromatic heterocycles. The lowest BCUT2D eigenvalue weighted by Gasteiger charge is -2.23. The van der Waals surface area contributed by atoms with Crippen molar-refractivity contribution in [2.24, 2.45) is 5.41 Å². The van der Waals surface area contributed by atoms with Crippen LogP contribution in [0.3, 0.4) is 0 Å². The second-order valence-corrected chi connectivity index (χ2v) is 6.02.